The van der Waals surface area contributed by atoms with Gasteiger partial charge in [-0.15, -0.1) is 0 Å². The van der Waals surface area contributed by atoms with Gasteiger partial charge >= 0.3 is 0 Å². The summed E-state index contributed by atoms with van der Waals surface area (Å²) in [6.07, 6.45) is 18.5. The molecule has 0 heterocycles. The van der Waals surface area contributed by atoms with Crippen LogP contribution >= 0.6 is 0 Å². The lowest BCUT2D eigenvalue weighted by Gasteiger charge is -2.30. The summed E-state index contributed by atoms with van der Waals surface area (Å²) in [5.74, 6) is 0.873. The first-order valence-electron chi connectivity index (χ1n) is 21.5. The van der Waals surface area contributed by atoms with Crippen molar-refractivity contribution >= 4 is 23.5 Å². The monoisotopic (exact) mass is 748 g/mol. The van der Waals surface area contributed by atoms with Gasteiger partial charge in [0.1, 0.15) is 5.78 Å². The molecule has 304 valence electrons. The van der Waals surface area contributed by atoms with Crippen LogP contribution in [-0.2, 0) is 38.1 Å². The number of Topliss-reactive ketones (excluding diaryl/α,β-unsaturated/α-hetero) is 1. The maximum absolute atomic E-state index is 12.8. The Morgan fingerprint density at radius 3 is 1.38 bits per heavy atom. The van der Waals surface area contributed by atoms with Crippen molar-refractivity contribution in [3.8, 4) is 0 Å². The molecule has 0 radical (unpaired) electrons. The van der Waals surface area contributed by atoms with Crippen LogP contribution in [0.1, 0.15) is 156 Å². The van der Waals surface area contributed by atoms with Crippen molar-refractivity contribution in [3.05, 3.63) is 0 Å². The first kappa shape index (κ1) is 43.6. The minimum Gasteiger partial charge on any atom is -0.378 e. The number of hydrogen-bond acceptors (Lipinski definition) is 8. The van der Waals surface area contributed by atoms with Gasteiger partial charge < -0.3 is 34.9 Å². The van der Waals surface area contributed by atoms with Crippen LogP contribution in [-0.4, -0.2) is 92.5 Å². The van der Waals surface area contributed by atoms with E-state index in [1.165, 1.54) is 0 Å². The number of carbonyl (C=O) groups excluding carboxylic acids is 4. The Kier molecular flexibility index (Phi) is 19.6. The average Bonchev–Trinajstić information content (AvgIpc) is 3.15. The minimum absolute atomic E-state index is 0.00207. The molecule has 4 aliphatic rings. The van der Waals surface area contributed by atoms with Crippen LogP contribution in [0.4, 0.5) is 0 Å². The molecular weight excluding hydrogens is 674 g/mol. The third kappa shape index (κ3) is 16.7. The number of nitrogens with one attached hydrogen (secondary N) is 3. The highest BCUT2D eigenvalue weighted by atomic mass is 16.5. The van der Waals surface area contributed by atoms with E-state index in [9.17, 15) is 19.2 Å². The Balaban J connectivity index is 0.931. The second kappa shape index (κ2) is 23.8. The van der Waals surface area contributed by atoms with Crippen molar-refractivity contribution in [2.45, 2.75) is 199 Å². The number of ketones is 1. The van der Waals surface area contributed by atoms with Crippen molar-refractivity contribution < 1.29 is 38.1 Å². The summed E-state index contributed by atoms with van der Waals surface area (Å²) in [7, 11) is 0. The summed E-state index contributed by atoms with van der Waals surface area (Å²) in [6.45, 7) is 10.3. The van der Waals surface area contributed by atoms with Gasteiger partial charge in [0, 0.05) is 62.4 Å². The Labute approximate surface area is 319 Å². The van der Waals surface area contributed by atoms with Gasteiger partial charge in [0.05, 0.1) is 37.1 Å². The summed E-state index contributed by atoms with van der Waals surface area (Å²) in [5.41, 5.74) is 0. The standard InChI is InChI=1S/C42H73N3O8/c1-29(2)41(48)31-9-13-33(14-10-31)44-39(46)7-5-26-50-35-17-19-37(20-18-35)52-28-25-43-42(49)32-11-15-34(16-12-32)45-40(47)8-6-27-51-36-21-23-38(24-22-36)53-30(3)4/h29-38H,5-28H2,1-4H3,(H,43,49)(H,44,46)(H,45,47). The summed E-state index contributed by atoms with van der Waals surface area (Å²) in [6, 6.07) is 0.339. The molecule has 0 unspecified atom stereocenters. The maximum Gasteiger partial charge on any atom is 0.223 e. The minimum atomic E-state index is -0.00207. The van der Waals surface area contributed by atoms with Crippen molar-refractivity contribution in [1.29, 1.82) is 0 Å². The average molecular weight is 748 g/mol. The molecule has 0 atom stereocenters. The van der Waals surface area contributed by atoms with Crippen LogP contribution in [0.15, 0.2) is 0 Å². The van der Waals surface area contributed by atoms with Gasteiger partial charge in [0.2, 0.25) is 17.7 Å². The normalized spacial score (nSPS) is 29.5. The number of amides is 3. The highest BCUT2D eigenvalue weighted by Crippen LogP contribution is 2.29. The van der Waals surface area contributed by atoms with Crippen LogP contribution in [0, 0.1) is 17.8 Å². The third-order valence-corrected chi connectivity index (χ3v) is 11.8. The lowest BCUT2D eigenvalue weighted by atomic mass is 9.80. The number of carbonyl (C=O) groups is 4. The first-order valence-corrected chi connectivity index (χ1v) is 21.5. The Morgan fingerprint density at radius 2 is 0.943 bits per heavy atom. The van der Waals surface area contributed by atoms with Gasteiger partial charge in [0.25, 0.3) is 0 Å². The first-order chi connectivity index (χ1) is 25.5. The molecule has 11 heteroatoms. The Hall–Kier alpha value is -2.08. The fourth-order valence-electron chi connectivity index (χ4n) is 8.69. The van der Waals surface area contributed by atoms with E-state index in [4.69, 9.17) is 18.9 Å². The van der Waals surface area contributed by atoms with Crippen molar-refractivity contribution in [1.82, 2.24) is 16.0 Å². The highest BCUT2D eigenvalue weighted by Gasteiger charge is 2.30. The molecule has 4 saturated carbocycles. The van der Waals surface area contributed by atoms with Crippen molar-refractivity contribution in [2.75, 3.05) is 26.4 Å². The zero-order valence-corrected chi connectivity index (χ0v) is 33.5. The smallest absolute Gasteiger partial charge is 0.223 e. The predicted molar refractivity (Wildman–Crippen MR) is 205 cm³/mol. The zero-order chi connectivity index (χ0) is 38.0. The van der Waals surface area contributed by atoms with Crippen molar-refractivity contribution in [3.63, 3.8) is 0 Å². The zero-order valence-electron chi connectivity index (χ0n) is 33.5. The maximum atomic E-state index is 12.8. The van der Waals surface area contributed by atoms with Gasteiger partial charge in [-0.25, -0.2) is 0 Å². The quantitative estimate of drug-likeness (QED) is 0.116. The van der Waals surface area contributed by atoms with Gasteiger partial charge in [-0.2, -0.15) is 0 Å². The molecule has 0 aliphatic heterocycles. The summed E-state index contributed by atoms with van der Waals surface area (Å²) in [4.78, 5) is 50.0. The molecule has 0 spiro atoms. The molecule has 53 heavy (non-hydrogen) atoms. The molecule has 4 aliphatic carbocycles. The fourth-order valence-corrected chi connectivity index (χ4v) is 8.69. The second-order valence-electron chi connectivity index (χ2n) is 16.9. The lowest BCUT2D eigenvalue weighted by Crippen LogP contribution is -2.41. The van der Waals surface area contributed by atoms with E-state index >= 15 is 0 Å². The topological polar surface area (TPSA) is 141 Å². The predicted octanol–water partition coefficient (Wildman–Crippen LogP) is 6.34. The number of rotatable bonds is 21. The van der Waals surface area contributed by atoms with E-state index in [0.29, 0.717) is 57.5 Å². The number of ether oxygens (including phenoxy) is 4. The van der Waals surface area contributed by atoms with E-state index in [-0.39, 0.29) is 72.0 Å². The van der Waals surface area contributed by atoms with E-state index < -0.39 is 0 Å². The molecular formula is C42H73N3O8. The van der Waals surface area contributed by atoms with E-state index in [1.54, 1.807) is 0 Å². The molecule has 3 amide bonds. The molecule has 11 nitrogen and oxygen atoms in total. The highest BCUT2D eigenvalue weighted by molar-refractivity contribution is 5.83. The lowest BCUT2D eigenvalue weighted by molar-refractivity contribution is -0.128. The number of hydrogen-bond donors (Lipinski definition) is 3. The van der Waals surface area contributed by atoms with E-state index in [1.807, 2.05) is 13.8 Å². The molecule has 3 N–H and O–H groups in total. The molecule has 4 rings (SSSR count). The fraction of sp³-hybridized carbons (Fsp3) is 0.905. The summed E-state index contributed by atoms with van der Waals surface area (Å²) in [5, 5.41) is 9.40. The Bertz CT molecular complexity index is 1090. The molecule has 0 aromatic rings. The van der Waals surface area contributed by atoms with Gasteiger partial charge in [-0.05, 0) is 129 Å². The summed E-state index contributed by atoms with van der Waals surface area (Å²) < 4.78 is 24.1. The third-order valence-electron chi connectivity index (χ3n) is 11.8. The van der Waals surface area contributed by atoms with Crippen LogP contribution in [0.2, 0.25) is 0 Å². The van der Waals surface area contributed by atoms with Crippen molar-refractivity contribution in [2.24, 2.45) is 17.8 Å². The molecule has 0 bridgehead atoms. The van der Waals surface area contributed by atoms with Crippen LogP contribution in [0.5, 0.6) is 0 Å². The summed E-state index contributed by atoms with van der Waals surface area (Å²) >= 11 is 0. The molecule has 4 fully saturated rings. The SMILES string of the molecule is CC(C)OC1CCC(OCCCC(=O)NC2CCC(C(=O)NCCOC3CCC(OCCCC(=O)NC4CCC(C(=O)C(C)C)CC4)CC3)CC2)CC1. The van der Waals surface area contributed by atoms with Crippen LogP contribution < -0.4 is 16.0 Å². The second-order valence-corrected chi connectivity index (χ2v) is 16.9. The largest absolute Gasteiger partial charge is 0.378 e. The van der Waals surface area contributed by atoms with Gasteiger partial charge in [-0.1, -0.05) is 13.8 Å². The van der Waals surface area contributed by atoms with E-state index in [0.717, 1.165) is 109 Å². The van der Waals surface area contributed by atoms with E-state index in [2.05, 4.69) is 29.8 Å². The van der Waals surface area contributed by atoms with Gasteiger partial charge in [-0.3, -0.25) is 19.2 Å². The molecule has 0 aromatic carbocycles. The van der Waals surface area contributed by atoms with Crippen LogP contribution in [0.25, 0.3) is 0 Å². The Morgan fingerprint density at radius 1 is 0.528 bits per heavy atom. The van der Waals surface area contributed by atoms with Gasteiger partial charge in [0.15, 0.2) is 0 Å². The molecule has 0 aromatic heterocycles. The molecule has 0 saturated heterocycles. The van der Waals surface area contributed by atoms with Crippen LogP contribution in [0.3, 0.4) is 0 Å².